The lowest BCUT2D eigenvalue weighted by Gasteiger charge is -2.10. The van der Waals surface area contributed by atoms with E-state index >= 15 is 0 Å². The molecule has 0 spiro atoms. The second-order valence-electron chi connectivity index (χ2n) is 4.89. The number of hydrogen-bond acceptors (Lipinski definition) is 6. The van der Waals surface area contributed by atoms with E-state index in [1.807, 2.05) is 6.07 Å². The SMILES string of the molecule is COc1ccc(OC)c2c1nnc1c3cccnc3c(C#N)n12. The fourth-order valence-corrected chi connectivity index (χ4v) is 2.81. The molecule has 0 bridgehead atoms. The molecule has 0 aliphatic heterocycles. The summed E-state index contributed by atoms with van der Waals surface area (Å²) in [6.45, 7) is 0. The van der Waals surface area contributed by atoms with Crippen molar-refractivity contribution in [3.05, 3.63) is 36.2 Å². The smallest absolute Gasteiger partial charge is 0.170 e. The summed E-state index contributed by atoms with van der Waals surface area (Å²) in [5.74, 6) is 1.14. The molecule has 23 heavy (non-hydrogen) atoms. The highest BCUT2D eigenvalue weighted by Crippen LogP contribution is 2.34. The molecule has 1 aromatic carbocycles. The average Bonchev–Trinajstić information content (AvgIpc) is 2.94. The van der Waals surface area contributed by atoms with Crippen LogP contribution in [0.1, 0.15) is 5.69 Å². The van der Waals surface area contributed by atoms with Gasteiger partial charge in [-0.3, -0.25) is 9.38 Å². The van der Waals surface area contributed by atoms with E-state index in [9.17, 15) is 5.26 Å². The van der Waals surface area contributed by atoms with Crippen LogP contribution in [0.4, 0.5) is 0 Å². The molecule has 0 aliphatic carbocycles. The standard InChI is InChI=1S/C16H11N5O2/c1-22-11-5-6-12(23-2)15-14(11)19-20-16-9-4-3-7-18-13(9)10(8-17)21(15)16/h3-7H,1-2H3. The maximum atomic E-state index is 9.64. The Kier molecular flexibility index (Phi) is 2.78. The molecule has 0 radical (unpaired) electrons. The minimum atomic E-state index is 0.391. The predicted molar refractivity (Wildman–Crippen MR) is 83.6 cm³/mol. The van der Waals surface area contributed by atoms with E-state index in [0.29, 0.717) is 39.4 Å². The number of nitrogens with zero attached hydrogens (tertiary/aromatic N) is 5. The highest BCUT2D eigenvalue weighted by molar-refractivity contribution is 6.01. The summed E-state index contributed by atoms with van der Waals surface area (Å²) in [5.41, 5.74) is 2.69. The number of fused-ring (bicyclic) bond motifs is 5. The van der Waals surface area contributed by atoms with Gasteiger partial charge < -0.3 is 9.47 Å². The van der Waals surface area contributed by atoms with Crippen LogP contribution in [0.3, 0.4) is 0 Å². The molecule has 4 aromatic rings. The zero-order valence-corrected chi connectivity index (χ0v) is 12.4. The fraction of sp³-hybridized carbons (Fsp3) is 0.125. The van der Waals surface area contributed by atoms with Crippen molar-refractivity contribution in [3.8, 4) is 17.6 Å². The van der Waals surface area contributed by atoms with Gasteiger partial charge in [-0.15, -0.1) is 10.2 Å². The summed E-state index contributed by atoms with van der Waals surface area (Å²) in [6, 6.07) is 9.42. The van der Waals surface area contributed by atoms with Gasteiger partial charge in [0.15, 0.2) is 16.9 Å². The van der Waals surface area contributed by atoms with Crippen molar-refractivity contribution in [1.29, 1.82) is 5.26 Å². The third kappa shape index (κ3) is 1.66. The molecule has 0 N–H and O–H groups in total. The van der Waals surface area contributed by atoms with Crippen molar-refractivity contribution in [2.75, 3.05) is 14.2 Å². The molecule has 112 valence electrons. The van der Waals surface area contributed by atoms with Crippen LogP contribution in [0.5, 0.6) is 11.5 Å². The summed E-state index contributed by atoms with van der Waals surface area (Å²) in [4.78, 5) is 4.31. The summed E-state index contributed by atoms with van der Waals surface area (Å²) in [6.07, 6.45) is 1.65. The van der Waals surface area contributed by atoms with Crippen molar-refractivity contribution in [2.24, 2.45) is 0 Å². The molecule has 0 amide bonds. The predicted octanol–water partition coefficient (Wildman–Crippen LogP) is 2.32. The molecule has 0 saturated heterocycles. The largest absolute Gasteiger partial charge is 0.494 e. The van der Waals surface area contributed by atoms with Gasteiger partial charge in [-0.1, -0.05) is 0 Å². The Balaban J connectivity index is 2.36. The molecular formula is C16H11N5O2. The monoisotopic (exact) mass is 305 g/mol. The lowest BCUT2D eigenvalue weighted by molar-refractivity contribution is 0.408. The van der Waals surface area contributed by atoms with Crippen LogP contribution in [0.2, 0.25) is 0 Å². The van der Waals surface area contributed by atoms with Gasteiger partial charge in [0.1, 0.15) is 28.6 Å². The Morgan fingerprint density at radius 2 is 1.83 bits per heavy atom. The maximum Gasteiger partial charge on any atom is 0.170 e. The van der Waals surface area contributed by atoms with Crippen molar-refractivity contribution in [2.45, 2.75) is 0 Å². The highest BCUT2D eigenvalue weighted by atomic mass is 16.5. The normalized spacial score (nSPS) is 11.0. The highest BCUT2D eigenvalue weighted by Gasteiger charge is 2.20. The molecule has 3 aromatic heterocycles. The number of methoxy groups -OCH3 is 2. The topological polar surface area (TPSA) is 85.3 Å². The van der Waals surface area contributed by atoms with E-state index in [-0.39, 0.29) is 0 Å². The average molecular weight is 305 g/mol. The summed E-state index contributed by atoms with van der Waals surface area (Å²) in [7, 11) is 3.13. The van der Waals surface area contributed by atoms with Crippen LogP contribution in [0, 0.1) is 11.3 Å². The fourth-order valence-electron chi connectivity index (χ4n) is 2.81. The lowest BCUT2D eigenvalue weighted by atomic mass is 10.2. The first-order valence-electron chi connectivity index (χ1n) is 6.86. The Morgan fingerprint density at radius 3 is 2.57 bits per heavy atom. The molecule has 7 nitrogen and oxygen atoms in total. The molecule has 0 saturated carbocycles. The van der Waals surface area contributed by atoms with Gasteiger partial charge in [-0.25, -0.2) is 0 Å². The molecule has 0 fully saturated rings. The van der Waals surface area contributed by atoms with Crippen LogP contribution in [-0.2, 0) is 0 Å². The third-order valence-corrected chi connectivity index (χ3v) is 3.80. The van der Waals surface area contributed by atoms with E-state index in [1.54, 1.807) is 43.0 Å². The van der Waals surface area contributed by atoms with Crippen molar-refractivity contribution in [3.63, 3.8) is 0 Å². The molecule has 3 heterocycles. The molecule has 0 atom stereocenters. The number of pyridine rings is 1. The van der Waals surface area contributed by atoms with Crippen molar-refractivity contribution >= 4 is 27.6 Å². The Morgan fingerprint density at radius 1 is 1.04 bits per heavy atom. The van der Waals surface area contributed by atoms with E-state index in [4.69, 9.17) is 9.47 Å². The second kappa shape index (κ2) is 4.81. The number of hydrogen-bond donors (Lipinski definition) is 0. The summed E-state index contributed by atoms with van der Waals surface area (Å²) >= 11 is 0. The van der Waals surface area contributed by atoms with E-state index in [0.717, 1.165) is 5.39 Å². The number of benzene rings is 1. The van der Waals surface area contributed by atoms with Gasteiger partial charge in [0.2, 0.25) is 0 Å². The number of rotatable bonds is 2. The quantitative estimate of drug-likeness (QED) is 0.565. The van der Waals surface area contributed by atoms with Gasteiger partial charge >= 0.3 is 0 Å². The van der Waals surface area contributed by atoms with Crippen LogP contribution < -0.4 is 9.47 Å². The van der Waals surface area contributed by atoms with E-state index in [2.05, 4.69) is 21.3 Å². The molecule has 0 aliphatic rings. The Labute approximate surface area is 130 Å². The first-order chi connectivity index (χ1) is 11.3. The van der Waals surface area contributed by atoms with Crippen LogP contribution in [-0.4, -0.2) is 33.8 Å². The minimum absolute atomic E-state index is 0.391. The number of nitriles is 1. The van der Waals surface area contributed by atoms with Gasteiger partial charge in [0, 0.05) is 11.6 Å². The first-order valence-corrected chi connectivity index (χ1v) is 6.86. The molecule has 0 unspecified atom stereocenters. The summed E-state index contributed by atoms with van der Waals surface area (Å²) in [5, 5.41) is 19.0. The zero-order chi connectivity index (χ0) is 16.0. The van der Waals surface area contributed by atoms with E-state index in [1.165, 1.54) is 0 Å². The van der Waals surface area contributed by atoms with Crippen LogP contribution in [0.25, 0.3) is 27.6 Å². The molecular weight excluding hydrogens is 294 g/mol. The summed E-state index contributed by atoms with van der Waals surface area (Å²) < 4.78 is 12.5. The van der Waals surface area contributed by atoms with Crippen molar-refractivity contribution in [1.82, 2.24) is 19.6 Å². The molecule has 4 rings (SSSR count). The van der Waals surface area contributed by atoms with Crippen LogP contribution in [0.15, 0.2) is 30.5 Å². The number of ether oxygens (including phenoxy) is 2. The van der Waals surface area contributed by atoms with Gasteiger partial charge in [0.25, 0.3) is 0 Å². The maximum absolute atomic E-state index is 9.64. The van der Waals surface area contributed by atoms with Gasteiger partial charge in [0.05, 0.1) is 14.2 Å². The molecule has 7 heteroatoms. The van der Waals surface area contributed by atoms with Gasteiger partial charge in [-0.2, -0.15) is 5.26 Å². The third-order valence-electron chi connectivity index (χ3n) is 3.80. The second-order valence-corrected chi connectivity index (χ2v) is 4.89. The zero-order valence-electron chi connectivity index (χ0n) is 12.4. The van der Waals surface area contributed by atoms with Crippen LogP contribution >= 0.6 is 0 Å². The van der Waals surface area contributed by atoms with Gasteiger partial charge in [-0.05, 0) is 24.3 Å². The number of aromatic nitrogens is 4. The Hall–Kier alpha value is -3.40. The lowest BCUT2D eigenvalue weighted by Crippen LogP contribution is -2.01. The van der Waals surface area contributed by atoms with Crippen molar-refractivity contribution < 1.29 is 9.47 Å². The minimum Gasteiger partial charge on any atom is -0.494 e. The first kappa shape index (κ1) is 13.3. The van der Waals surface area contributed by atoms with E-state index < -0.39 is 0 Å². The Bertz CT molecular complexity index is 1110.